The molecule has 2 fully saturated rings. The maximum absolute atomic E-state index is 11.8. The zero-order chi connectivity index (χ0) is 11.4. The lowest BCUT2D eigenvalue weighted by atomic mass is 9.90. The van der Waals surface area contributed by atoms with Gasteiger partial charge in [-0.2, -0.15) is 0 Å². The summed E-state index contributed by atoms with van der Waals surface area (Å²) in [7, 11) is 0. The molecule has 4 heteroatoms. The number of urea groups is 1. The zero-order valence-corrected chi connectivity index (χ0v) is 10.2. The normalized spacial score (nSPS) is 30.4. The highest BCUT2D eigenvalue weighted by Gasteiger charge is 2.30. The van der Waals surface area contributed by atoms with Crippen LogP contribution in [0.25, 0.3) is 0 Å². The molecule has 92 valence electrons. The van der Waals surface area contributed by atoms with Gasteiger partial charge in [0.1, 0.15) is 0 Å². The van der Waals surface area contributed by atoms with Gasteiger partial charge >= 0.3 is 6.03 Å². The Kier molecular flexibility index (Phi) is 4.04. The standard InChI is InChI=1S/C12H23N3O/c1-2-13-12(16)15-8-4-5-10(9-15)11-6-3-7-14-11/h10-11,14H,2-9H2,1H3,(H,13,16). The number of hydrogen-bond acceptors (Lipinski definition) is 2. The molecule has 2 rings (SSSR count). The van der Waals surface area contributed by atoms with E-state index in [1.54, 1.807) is 0 Å². The third-order valence-corrected chi connectivity index (χ3v) is 3.74. The molecule has 2 N–H and O–H groups in total. The highest BCUT2D eigenvalue weighted by atomic mass is 16.2. The van der Waals surface area contributed by atoms with Gasteiger partial charge in [0.05, 0.1) is 0 Å². The van der Waals surface area contributed by atoms with Gasteiger partial charge < -0.3 is 15.5 Å². The summed E-state index contributed by atoms with van der Waals surface area (Å²) < 4.78 is 0. The summed E-state index contributed by atoms with van der Waals surface area (Å²) in [5.74, 6) is 0.666. The van der Waals surface area contributed by atoms with Gasteiger partial charge in [0.25, 0.3) is 0 Å². The number of carbonyl (C=O) groups is 1. The number of nitrogens with one attached hydrogen (secondary N) is 2. The molecule has 2 saturated heterocycles. The monoisotopic (exact) mass is 225 g/mol. The summed E-state index contributed by atoms with van der Waals surface area (Å²) in [4.78, 5) is 13.7. The molecule has 0 saturated carbocycles. The van der Waals surface area contributed by atoms with Gasteiger partial charge in [0, 0.05) is 25.7 Å². The molecule has 2 aliphatic rings. The van der Waals surface area contributed by atoms with Crippen molar-refractivity contribution in [3.63, 3.8) is 0 Å². The summed E-state index contributed by atoms with van der Waals surface area (Å²) in [6, 6.07) is 0.766. The molecule has 0 radical (unpaired) electrons. The predicted molar refractivity (Wildman–Crippen MR) is 64.4 cm³/mol. The van der Waals surface area contributed by atoms with Crippen molar-refractivity contribution in [2.45, 2.75) is 38.6 Å². The number of carbonyl (C=O) groups excluding carboxylic acids is 1. The van der Waals surface area contributed by atoms with Crippen molar-refractivity contribution in [1.29, 1.82) is 0 Å². The maximum atomic E-state index is 11.8. The largest absolute Gasteiger partial charge is 0.338 e. The molecule has 2 aliphatic heterocycles. The first-order valence-electron chi connectivity index (χ1n) is 6.57. The molecule has 0 aliphatic carbocycles. The Morgan fingerprint density at radius 3 is 3.00 bits per heavy atom. The van der Waals surface area contributed by atoms with E-state index in [4.69, 9.17) is 0 Å². The Labute approximate surface area is 97.8 Å². The molecule has 0 aromatic carbocycles. The van der Waals surface area contributed by atoms with Gasteiger partial charge in [-0.15, -0.1) is 0 Å². The van der Waals surface area contributed by atoms with Crippen molar-refractivity contribution in [1.82, 2.24) is 15.5 Å². The number of hydrogen-bond donors (Lipinski definition) is 2. The molecule has 16 heavy (non-hydrogen) atoms. The van der Waals surface area contributed by atoms with E-state index >= 15 is 0 Å². The molecular formula is C12H23N3O. The zero-order valence-electron chi connectivity index (χ0n) is 10.2. The van der Waals surface area contributed by atoms with Crippen molar-refractivity contribution in [2.75, 3.05) is 26.2 Å². The van der Waals surface area contributed by atoms with Crippen molar-refractivity contribution in [3.8, 4) is 0 Å². The van der Waals surface area contributed by atoms with Gasteiger partial charge in [-0.1, -0.05) is 0 Å². The van der Waals surface area contributed by atoms with E-state index in [-0.39, 0.29) is 6.03 Å². The lowest BCUT2D eigenvalue weighted by Gasteiger charge is -2.35. The first-order valence-corrected chi connectivity index (χ1v) is 6.57. The smallest absolute Gasteiger partial charge is 0.317 e. The first kappa shape index (κ1) is 11.7. The Bertz CT molecular complexity index is 238. The second-order valence-electron chi connectivity index (χ2n) is 4.89. The van der Waals surface area contributed by atoms with Crippen LogP contribution in [0, 0.1) is 5.92 Å². The molecule has 0 aromatic rings. The SMILES string of the molecule is CCNC(=O)N1CCCC(C2CCCN2)C1. The van der Waals surface area contributed by atoms with Crippen LogP contribution in [-0.2, 0) is 0 Å². The number of nitrogens with zero attached hydrogens (tertiary/aromatic N) is 1. The molecule has 0 aromatic heterocycles. The molecule has 2 heterocycles. The number of piperidine rings is 1. The third kappa shape index (κ3) is 2.67. The van der Waals surface area contributed by atoms with Crippen LogP contribution in [0.5, 0.6) is 0 Å². The van der Waals surface area contributed by atoms with E-state index in [0.29, 0.717) is 12.0 Å². The van der Waals surface area contributed by atoms with E-state index in [1.807, 2.05) is 11.8 Å². The average molecular weight is 225 g/mol. The molecule has 0 spiro atoms. The van der Waals surface area contributed by atoms with Gasteiger partial charge in [-0.25, -0.2) is 4.79 Å². The van der Waals surface area contributed by atoms with E-state index < -0.39 is 0 Å². The summed E-state index contributed by atoms with van der Waals surface area (Å²) in [5.41, 5.74) is 0. The molecule has 4 nitrogen and oxygen atoms in total. The van der Waals surface area contributed by atoms with Crippen LogP contribution in [0.4, 0.5) is 4.79 Å². The summed E-state index contributed by atoms with van der Waals surface area (Å²) in [6.45, 7) is 5.71. The maximum Gasteiger partial charge on any atom is 0.317 e. The van der Waals surface area contributed by atoms with Crippen LogP contribution in [0.15, 0.2) is 0 Å². The summed E-state index contributed by atoms with van der Waals surface area (Å²) >= 11 is 0. The van der Waals surface area contributed by atoms with Crippen LogP contribution < -0.4 is 10.6 Å². The lowest BCUT2D eigenvalue weighted by molar-refractivity contribution is 0.153. The Hall–Kier alpha value is -0.770. The van der Waals surface area contributed by atoms with Crippen molar-refractivity contribution >= 4 is 6.03 Å². The predicted octanol–water partition coefficient (Wildman–Crippen LogP) is 1.18. The van der Waals surface area contributed by atoms with Crippen LogP contribution >= 0.6 is 0 Å². The lowest BCUT2D eigenvalue weighted by Crippen LogP contribution is -2.49. The minimum atomic E-state index is 0.116. The molecule has 2 unspecified atom stereocenters. The number of likely N-dealkylation sites (tertiary alicyclic amines) is 1. The quantitative estimate of drug-likeness (QED) is 0.741. The summed E-state index contributed by atoms with van der Waals surface area (Å²) in [6.07, 6.45) is 5.00. The highest BCUT2D eigenvalue weighted by Crippen LogP contribution is 2.24. The third-order valence-electron chi connectivity index (χ3n) is 3.74. The Morgan fingerprint density at radius 1 is 1.44 bits per heavy atom. The van der Waals surface area contributed by atoms with Crippen LogP contribution in [-0.4, -0.2) is 43.2 Å². The second-order valence-corrected chi connectivity index (χ2v) is 4.89. The fourth-order valence-corrected chi connectivity index (χ4v) is 2.90. The molecule has 2 atom stereocenters. The fraction of sp³-hybridized carbons (Fsp3) is 0.917. The van der Waals surface area contributed by atoms with Crippen molar-refractivity contribution < 1.29 is 4.79 Å². The Morgan fingerprint density at radius 2 is 2.31 bits per heavy atom. The van der Waals surface area contributed by atoms with E-state index in [1.165, 1.54) is 19.3 Å². The van der Waals surface area contributed by atoms with E-state index in [9.17, 15) is 4.79 Å². The van der Waals surface area contributed by atoms with Crippen molar-refractivity contribution in [3.05, 3.63) is 0 Å². The van der Waals surface area contributed by atoms with Crippen LogP contribution in [0.3, 0.4) is 0 Å². The van der Waals surface area contributed by atoms with Gasteiger partial charge in [0.2, 0.25) is 0 Å². The Balaban J connectivity index is 1.85. The average Bonchev–Trinajstić information content (AvgIpc) is 2.83. The number of amides is 2. The van der Waals surface area contributed by atoms with Gasteiger partial charge in [0.15, 0.2) is 0 Å². The molecular weight excluding hydrogens is 202 g/mol. The minimum absolute atomic E-state index is 0.116. The first-order chi connectivity index (χ1) is 7.81. The van der Waals surface area contributed by atoms with Gasteiger partial charge in [-0.05, 0) is 45.1 Å². The minimum Gasteiger partial charge on any atom is -0.338 e. The summed E-state index contributed by atoms with van der Waals surface area (Å²) in [5, 5.41) is 6.45. The second kappa shape index (κ2) is 5.53. The van der Waals surface area contributed by atoms with Crippen molar-refractivity contribution in [2.24, 2.45) is 5.92 Å². The fourth-order valence-electron chi connectivity index (χ4n) is 2.90. The van der Waals surface area contributed by atoms with Gasteiger partial charge in [-0.3, -0.25) is 0 Å². The molecule has 2 amide bonds. The van der Waals surface area contributed by atoms with E-state index in [2.05, 4.69) is 10.6 Å². The van der Waals surface area contributed by atoms with Crippen LogP contribution in [0.2, 0.25) is 0 Å². The van der Waals surface area contributed by atoms with Crippen LogP contribution in [0.1, 0.15) is 32.6 Å². The topological polar surface area (TPSA) is 44.4 Å². The molecule has 0 bridgehead atoms. The number of rotatable bonds is 2. The highest BCUT2D eigenvalue weighted by molar-refractivity contribution is 5.74. The van der Waals surface area contributed by atoms with E-state index in [0.717, 1.165) is 32.6 Å².